The minimum Gasteiger partial charge on any atom is -0.483 e. The lowest BCUT2D eigenvalue weighted by Gasteiger charge is -2.40. The van der Waals surface area contributed by atoms with Crippen LogP contribution in [0, 0.1) is 12.8 Å². The molecule has 15 heavy (non-hydrogen) atoms. The zero-order valence-electron chi connectivity index (χ0n) is 9.92. The first-order chi connectivity index (χ1) is 7.03. The van der Waals surface area contributed by atoms with E-state index < -0.39 is 0 Å². The highest BCUT2D eigenvalue weighted by atomic mass is 16.5. The van der Waals surface area contributed by atoms with Crippen molar-refractivity contribution in [2.24, 2.45) is 5.92 Å². The summed E-state index contributed by atoms with van der Waals surface area (Å²) in [5.74, 6) is 1.48. The van der Waals surface area contributed by atoms with Crippen LogP contribution in [0.1, 0.15) is 26.3 Å². The topological polar surface area (TPSA) is 21.3 Å². The van der Waals surface area contributed by atoms with Gasteiger partial charge >= 0.3 is 0 Å². The van der Waals surface area contributed by atoms with E-state index in [-0.39, 0.29) is 5.60 Å². The second-order valence-electron chi connectivity index (χ2n) is 4.87. The average Bonchev–Trinajstić information content (AvgIpc) is 2.17. The highest BCUT2D eigenvalue weighted by molar-refractivity contribution is 5.63. The second kappa shape index (κ2) is 3.44. The van der Waals surface area contributed by atoms with Crippen LogP contribution in [-0.2, 0) is 0 Å². The van der Waals surface area contributed by atoms with Crippen molar-refractivity contribution in [2.45, 2.75) is 33.3 Å². The first kappa shape index (κ1) is 10.3. The van der Waals surface area contributed by atoms with Crippen LogP contribution in [0.25, 0.3) is 0 Å². The normalized spacial score (nSPS) is 24.3. The summed E-state index contributed by atoms with van der Waals surface area (Å²) < 4.78 is 6.10. The maximum atomic E-state index is 6.10. The third-order valence-corrected chi connectivity index (χ3v) is 3.42. The molecule has 2 nitrogen and oxygen atoms in total. The fourth-order valence-corrected chi connectivity index (χ4v) is 1.83. The van der Waals surface area contributed by atoms with E-state index in [4.69, 9.17) is 4.74 Å². The Labute approximate surface area is 91.6 Å². The van der Waals surface area contributed by atoms with Crippen molar-refractivity contribution in [1.82, 2.24) is 0 Å². The molecule has 0 saturated heterocycles. The Morgan fingerprint density at radius 1 is 1.40 bits per heavy atom. The molecule has 1 aliphatic rings. The Balaban J connectivity index is 2.35. The third-order valence-electron chi connectivity index (χ3n) is 3.42. The molecule has 1 N–H and O–H groups in total. The molecule has 1 aromatic rings. The van der Waals surface area contributed by atoms with Crippen molar-refractivity contribution in [3.05, 3.63) is 23.8 Å². The summed E-state index contributed by atoms with van der Waals surface area (Å²) in [6.45, 7) is 9.54. The van der Waals surface area contributed by atoms with E-state index in [1.165, 1.54) is 5.56 Å². The van der Waals surface area contributed by atoms with Gasteiger partial charge in [0.1, 0.15) is 11.4 Å². The molecule has 0 aliphatic carbocycles. The van der Waals surface area contributed by atoms with Crippen LogP contribution in [-0.4, -0.2) is 12.1 Å². The lowest BCUT2D eigenvalue weighted by molar-refractivity contribution is 0.0475. The van der Waals surface area contributed by atoms with Gasteiger partial charge in [0.15, 0.2) is 0 Å². The van der Waals surface area contributed by atoms with Gasteiger partial charge in [0.05, 0.1) is 12.2 Å². The molecular weight excluding hydrogens is 186 g/mol. The minimum atomic E-state index is -0.0964. The van der Waals surface area contributed by atoms with Crippen molar-refractivity contribution >= 4 is 5.69 Å². The maximum Gasteiger partial charge on any atom is 0.143 e. The Hall–Kier alpha value is -1.18. The highest BCUT2D eigenvalue weighted by Gasteiger charge is 2.34. The molecular formula is C13H19NO. The lowest BCUT2D eigenvalue weighted by atomic mass is 9.90. The largest absolute Gasteiger partial charge is 0.483 e. The van der Waals surface area contributed by atoms with E-state index in [2.05, 4.69) is 39.1 Å². The van der Waals surface area contributed by atoms with Gasteiger partial charge in [-0.05, 0) is 31.4 Å². The fourth-order valence-electron chi connectivity index (χ4n) is 1.83. The summed E-state index contributed by atoms with van der Waals surface area (Å²) >= 11 is 0. The quantitative estimate of drug-likeness (QED) is 0.760. The summed E-state index contributed by atoms with van der Waals surface area (Å²) in [6.07, 6.45) is 0. The van der Waals surface area contributed by atoms with Crippen LogP contribution in [0.2, 0.25) is 0 Å². The molecule has 0 amide bonds. The smallest absolute Gasteiger partial charge is 0.143 e. The van der Waals surface area contributed by atoms with E-state index in [0.717, 1.165) is 18.0 Å². The van der Waals surface area contributed by atoms with Crippen molar-refractivity contribution in [3.8, 4) is 5.75 Å². The number of aryl methyl sites for hydroxylation is 1. The summed E-state index contributed by atoms with van der Waals surface area (Å²) in [6, 6.07) is 6.18. The van der Waals surface area contributed by atoms with Crippen LogP contribution in [0.5, 0.6) is 5.75 Å². The van der Waals surface area contributed by atoms with E-state index in [0.29, 0.717) is 5.92 Å². The first-order valence-electron chi connectivity index (χ1n) is 5.55. The van der Waals surface area contributed by atoms with Crippen molar-refractivity contribution in [3.63, 3.8) is 0 Å². The average molecular weight is 205 g/mol. The van der Waals surface area contributed by atoms with Crippen LogP contribution < -0.4 is 10.1 Å². The number of ether oxygens (including phenoxy) is 1. The molecule has 0 fully saturated rings. The monoisotopic (exact) mass is 205 g/mol. The second-order valence-corrected chi connectivity index (χ2v) is 4.87. The zero-order chi connectivity index (χ0) is 11.1. The van der Waals surface area contributed by atoms with Crippen molar-refractivity contribution in [2.75, 3.05) is 11.9 Å². The molecule has 0 radical (unpaired) electrons. The van der Waals surface area contributed by atoms with Gasteiger partial charge in [0.2, 0.25) is 0 Å². The number of hydrogen-bond acceptors (Lipinski definition) is 2. The number of rotatable bonds is 1. The predicted octanol–water partition coefficient (Wildman–Crippen LogP) is 3.21. The minimum absolute atomic E-state index is 0.0964. The molecule has 1 aliphatic heterocycles. The molecule has 0 bridgehead atoms. The highest BCUT2D eigenvalue weighted by Crippen LogP contribution is 2.37. The van der Waals surface area contributed by atoms with E-state index >= 15 is 0 Å². The van der Waals surface area contributed by atoms with Gasteiger partial charge in [0, 0.05) is 0 Å². The third kappa shape index (κ3) is 1.69. The van der Waals surface area contributed by atoms with Gasteiger partial charge in [-0.1, -0.05) is 26.0 Å². The van der Waals surface area contributed by atoms with Crippen molar-refractivity contribution < 1.29 is 4.74 Å². The van der Waals surface area contributed by atoms with Crippen LogP contribution in [0.15, 0.2) is 18.2 Å². The molecule has 2 heteroatoms. The fraction of sp³-hybridized carbons (Fsp3) is 0.538. The van der Waals surface area contributed by atoms with Crippen LogP contribution >= 0.6 is 0 Å². The van der Waals surface area contributed by atoms with Gasteiger partial charge in [-0.25, -0.2) is 0 Å². The first-order valence-corrected chi connectivity index (χ1v) is 5.55. The molecule has 1 aromatic carbocycles. The molecule has 82 valence electrons. The summed E-state index contributed by atoms with van der Waals surface area (Å²) in [7, 11) is 0. The SMILES string of the molecule is Cc1cccc2c1NCC(C)(C(C)C)O2. The number of para-hydroxylation sites is 1. The Bertz CT molecular complexity index is 373. The Kier molecular flexibility index (Phi) is 2.37. The van der Waals surface area contributed by atoms with Gasteiger partial charge < -0.3 is 10.1 Å². The molecule has 1 heterocycles. The Morgan fingerprint density at radius 2 is 2.13 bits per heavy atom. The standard InChI is InChI=1S/C13H19NO/c1-9(2)13(4)8-14-12-10(3)6-5-7-11(12)15-13/h5-7,9,14H,8H2,1-4H3. The van der Waals surface area contributed by atoms with Gasteiger partial charge in [-0.15, -0.1) is 0 Å². The van der Waals surface area contributed by atoms with Gasteiger partial charge in [-0.3, -0.25) is 0 Å². The van der Waals surface area contributed by atoms with Gasteiger partial charge in [-0.2, -0.15) is 0 Å². The van der Waals surface area contributed by atoms with Crippen LogP contribution in [0.4, 0.5) is 5.69 Å². The number of hydrogen-bond donors (Lipinski definition) is 1. The number of benzene rings is 1. The van der Waals surface area contributed by atoms with Crippen molar-refractivity contribution in [1.29, 1.82) is 0 Å². The molecule has 1 atom stereocenters. The zero-order valence-corrected chi connectivity index (χ0v) is 9.92. The van der Waals surface area contributed by atoms with Crippen LogP contribution in [0.3, 0.4) is 0 Å². The summed E-state index contributed by atoms with van der Waals surface area (Å²) in [5, 5.41) is 3.48. The molecule has 2 rings (SSSR count). The van der Waals surface area contributed by atoms with Gasteiger partial charge in [0.25, 0.3) is 0 Å². The maximum absolute atomic E-state index is 6.10. The summed E-state index contributed by atoms with van der Waals surface area (Å²) in [5.41, 5.74) is 2.30. The molecule has 1 unspecified atom stereocenters. The van der Waals surface area contributed by atoms with E-state index in [9.17, 15) is 0 Å². The van der Waals surface area contributed by atoms with E-state index in [1.807, 2.05) is 12.1 Å². The Morgan fingerprint density at radius 3 is 2.80 bits per heavy atom. The molecule has 0 aromatic heterocycles. The lowest BCUT2D eigenvalue weighted by Crippen LogP contribution is -2.47. The number of fused-ring (bicyclic) bond motifs is 1. The number of anilines is 1. The van der Waals surface area contributed by atoms with E-state index in [1.54, 1.807) is 0 Å². The number of nitrogens with one attached hydrogen (secondary N) is 1. The predicted molar refractivity (Wildman–Crippen MR) is 63.5 cm³/mol. The molecule has 0 saturated carbocycles. The molecule has 0 spiro atoms. The summed E-state index contributed by atoms with van der Waals surface area (Å²) in [4.78, 5) is 0.